The molecule has 2 rings (SSSR count). The van der Waals surface area contributed by atoms with Crippen LogP contribution in [0.1, 0.15) is 17.4 Å². The SMILES string of the molecule is CCSCCN1CC(C(N)=O)C(=O)c2nc(OC)ccc21. The summed E-state index contributed by atoms with van der Waals surface area (Å²) in [7, 11) is 1.49. The average Bonchev–Trinajstić information content (AvgIpc) is 2.49. The molecule has 0 aliphatic carbocycles. The molecule has 21 heavy (non-hydrogen) atoms. The summed E-state index contributed by atoms with van der Waals surface area (Å²) in [4.78, 5) is 30.1. The van der Waals surface area contributed by atoms with Gasteiger partial charge in [-0.05, 0) is 11.8 Å². The van der Waals surface area contributed by atoms with Crippen LogP contribution in [0.25, 0.3) is 0 Å². The molecule has 2 N–H and O–H groups in total. The van der Waals surface area contributed by atoms with Crippen molar-refractivity contribution in [1.29, 1.82) is 0 Å². The van der Waals surface area contributed by atoms with E-state index in [1.54, 1.807) is 17.8 Å². The summed E-state index contributed by atoms with van der Waals surface area (Å²) in [5, 5.41) is 0. The quantitative estimate of drug-likeness (QED) is 0.622. The Morgan fingerprint density at radius 2 is 2.33 bits per heavy atom. The van der Waals surface area contributed by atoms with Crippen molar-refractivity contribution in [1.82, 2.24) is 4.98 Å². The third kappa shape index (κ3) is 3.29. The van der Waals surface area contributed by atoms with Crippen LogP contribution in [0.3, 0.4) is 0 Å². The first-order valence-electron chi connectivity index (χ1n) is 6.79. The van der Waals surface area contributed by atoms with E-state index in [4.69, 9.17) is 10.5 Å². The molecule has 1 aromatic rings. The van der Waals surface area contributed by atoms with Gasteiger partial charge in [-0.1, -0.05) is 6.92 Å². The number of methoxy groups -OCH3 is 1. The number of hydrogen-bond acceptors (Lipinski definition) is 6. The van der Waals surface area contributed by atoms with Gasteiger partial charge in [-0.2, -0.15) is 11.8 Å². The first-order valence-corrected chi connectivity index (χ1v) is 7.95. The fourth-order valence-electron chi connectivity index (χ4n) is 2.30. The summed E-state index contributed by atoms with van der Waals surface area (Å²) in [5.74, 6) is 0.527. The Labute approximate surface area is 128 Å². The zero-order valence-corrected chi connectivity index (χ0v) is 13.0. The highest BCUT2D eigenvalue weighted by molar-refractivity contribution is 7.99. The van der Waals surface area contributed by atoms with Crippen LogP contribution in [-0.2, 0) is 4.79 Å². The molecule has 0 radical (unpaired) electrons. The van der Waals surface area contributed by atoms with E-state index in [2.05, 4.69) is 11.9 Å². The van der Waals surface area contributed by atoms with E-state index in [-0.39, 0.29) is 11.5 Å². The molecular formula is C14H19N3O3S. The number of nitrogens with zero attached hydrogens (tertiary/aromatic N) is 2. The van der Waals surface area contributed by atoms with Gasteiger partial charge in [-0.3, -0.25) is 9.59 Å². The van der Waals surface area contributed by atoms with Crippen LogP contribution >= 0.6 is 11.8 Å². The molecule has 1 atom stereocenters. The van der Waals surface area contributed by atoms with Crippen LogP contribution in [0.5, 0.6) is 5.88 Å². The first kappa shape index (κ1) is 15.6. The summed E-state index contributed by atoms with van der Waals surface area (Å²) in [5.41, 5.74) is 6.37. The molecule has 0 aromatic carbocycles. The van der Waals surface area contributed by atoms with E-state index in [0.717, 1.165) is 23.7 Å². The Morgan fingerprint density at radius 1 is 1.57 bits per heavy atom. The van der Waals surface area contributed by atoms with Crippen molar-refractivity contribution in [3.05, 3.63) is 17.8 Å². The van der Waals surface area contributed by atoms with E-state index in [9.17, 15) is 9.59 Å². The van der Waals surface area contributed by atoms with Crippen LogP contribution in [-0.4, -0.2) is 48.4 Å². The second-order valence-electron chi connectivity index (χ2n) is 4.68. The highest BCUT2D eigenvalue weighted by atomic mass is 32.2. The highest BCUT2D eigenvalue weighted by Gasteiger charge is 2.36. The van der Waals surface area contributed by atoms with Crippen molar-refractivity contribution in [2.75, 3.05) is 36.6 Å². The van der Waals surface area contributed by atoms with Gasteiger partial charge in [-0.25, -0.2) is 4.98 Å². The molecule has 1 amide bonds. The summed E-state index contributed by atoms with van der Waals surface area (Å²) in [6, 6.07) is 3.53. The number of fused-ring (bicyclic) bond motifs is 1. The van der Waals surface area contributed by atoms with Crippen molar-refractivity contribution in [2.45, 2.75) is 6.92 Å². The summed E-state index contributed by atoms with van der Waals surface area (Å²) >= 11 is 1.81. The number of primary amides is 1. The number of carbonyl (C=O) groups excluding carboxylic acids is 2. The van der Waals surface area contributed by atoms with Crippen LogP contribution in [0, 0.1) is 5.92 Å². The Hall–Kier alpha value is -1.76. The fourth-order valence-corrected chi connectivity index (χ4v) is 2.94. The van der Waals surface area contributed by atoms with Crippen LogP contribution < -0.4 is 15.4 Å². The number of aromatic nitrogens is 1. The van der Waals surface area contributed by atoms with Gasteiger partial charge in [0.2, 0.25) is 11.8 Å². The summed E-state index contributed by atoms with van der Waals surface area (Å²) in [6.45, 7) is 3.16. The normalized spacial score (nSPS) is 17.5. The number of ketones is 1. The molecule has 1 aromatic heterocycles. The number of rotatable bonds is 6. The van der Waals surface area contributed by atoms with Gasteiger partial charge < -0.3 is 15.4 Å². The molecule has 0 saturated carbocycles. The molecule has 7 heteroatoms. The third-order valence-corrected chi connectivity index (χ3v) is 4.28. The zero-order valence-electron chi connectivity index (χ0n) is 12.2. The molecule has 1 unspecified atom stereocenters. The van der Waals surface area contributed by atoms with E-state index in [0.29, 0.717) is 12.4 Å². The first-order chi connectivity index (χ1) is 10.1. The molecule has 0 saturated heterocycles. The number of nitrogens with two attached hydrogens (primary N) is 1. The minimum absolute atomic E-state index is 0.269. The lowest BCUT2D eigenvalue weighted by Gasteiger charge is -2.33. The monoisotopic (exact) mass is 309 g/mol. The van der Waals surface area contributed by atoms with Gasteiger partial charge in [0.25, 0.3) is 0 Å². The number of thioether (sulfide) groups is 1. The molecule has 1 aliphatic rings. The Morgan fingerprint density at radius 3 is 2.95 bits per heavy atom. The number of pyridine rings is 1. The largest absolute Gasteiger partial charge is 0.481 e. The van der Waals surface area contributed by atoms with Crippen LogP contribution in [0.2, 0.25) is 0 Å². The van der Waals surface area contributed by atoms with Crippen molar-refractivity contribution >= 4 is 29.1 Å². The minimum Gasteiger partial charge on any atom is -0.481 e. The minimum atomic E-state index is -0.844. The number of hydrogen-bond donors (Lipinski definition) is 1. The molecule has 0 bridgehead atoms. The number of carbonyl (C=O) groups is 2. The Balaban J connectivity index is 2.34. The molecule has 114 valence electrons. The van der Waals surface area contributed by atoms with Crippen LogP contribution in [0.4, 0.5) is 5.69 Å². The topological polar surface area (TPSA) is 85.5 Å². The Kier molecular flexibility index (Phi) is 5.06. The molecule has 1 aliphatic heterocycles. The third-order valence-electron chi connectivity index (χ3n) is 3.40. The maximum atomic E-state index is 12.4. The fraction of sp³-hybridized carbons (Fsp3) is 0.500. The zero-order chi connectivity index (χ0) is 15.4. The number of Topliss-reactive ketones (excluding diaryl/α,β-unsaturated/α-hetero) is 1. The van der Waals surface area contributed by atoms with Gasteiger partial charge >= 0.3 is 0 Å². The number of anilines is 1. The van der Waals surface area contributed by atoms with E-state index < -0.39 is 11.8 Å². The van der Waals surface area contributed by atoms with Gasteiger partial charge in [0.15, 0.2) is 5.78 Å². The molecule has 0 spiro atoms. The molecular weight excluding hydrogens is 290 g/mol. The molecule has 6 nitrogen and oxygen atoms in total. The van der Waals surface area contributed by atoms with Gasteiger partial charge in [-0.15, -0.1) is 0 Å². The lowest BCUT2D eigenvalue weighted by molar-refractivity contribution is -0.120. The second kappa shape index (κ2) is 6.80. The summed E-state index contributed by atoms with van der Waals surface area (Å²) < 4.78 is 5.06. The maximum absolute atomic E-state index is 12.4. The smallest absolute Gasteiger partial charge is 0.230 e. The van der Waals surface area contributed by atoms with Crippen molar-refractivity contribution in [2.24, 2.45) is 11.7 Å². The van der Waals surface area contributed by atoms with Crippen LogP contribution in [0.15, 0.2) is 12.1 Å². The number of ether oxygens (including phenoxy) is 1. The predicted octanol–water partition coefficient (Wildman–Crippen LogP) is 0.948. The molecule has 0 fully saturated rings. The molecule has 2 heterocycles. The predicted molar refractivity (Wildman–Crippen MR) is 83.0 cm³/mol. The average molecular weight is 309 g/mol. The summed E-state index contributed by atoms with van der Waals surface area (Å²) in [6.07, 6.45) is 0. The Bertz CT molecular complexity index is 550. The van der Waals surface area contributed by atoms with Gasteiger partial charge in [0, 0.05) is 24.9 Å². The lowest BCUT2D eigenvalue weighted by atomic mass is 9.94. The van der Waals surface area contributed by atoms with E-state index >= 15 is 0 Å². The standard InChI is InChI=1S/C14H19N3O3S/c1-3-21-7-6-17-8-9(14(15)19)13(18)12-10(17)4-5-11(16-12)20-2/h4-5,9H,3,6-8H2,1-2H3,(H2,15,19). The van der Waals surface area contributed by atoms with Gasteiger partial charge in [0.1, 0.15) is 11.6 Å². The van der Waals surface area contributed by atoms with E-state index in [1.165, 1.54) is 7.11 Å². The highest BCUT2D eigenvalue weighted by Crippen LogP contribution is 2.30. The van der Waals surface area contributed by atoms with Crippen molar-refractivity contribution < 1.29 is 14.3 Å². The lowest BCUT2D eigenvalue weighted by Crippen LogP contribution is -2.46. The maximum Gasteiger partial charge on any atom is 0.230 e. The van der Waals surface area contributed by atoms with Crippen molar-refractivity contribution in [3.8, 4) is 5.88 Å². The van der Waals surface area contributed by atoms with E-state index in [1.807, 2.05) is 11.0 Å². The number of amides is 1. The second-order valence-corrected chi connectivity index (χ2v) is 6.08. The van der Waals surface area contributed by atoms with Crippen molar-refractivity contribution in [3.63, 3.8) is 0 Å². The van der Waals surface area contributed by atoms with Gasteiger partial charge in [0.05, 0.1) is 12.8 Å².